The zero-order valence-corrected chi connectivity index (χ0v) is 8.17. The summed E-state index contributed by atoms with van der Waals surface area (Å²) in [6, 6.07) is 4.31. The van der Waals surface area contributed by atoms with Gasteiger partial charge in [0.15, 0.2) is 0 Å². The zero-order chi connectivity index (χ0) is 11.0. The van der Waals surface area contributed by atoms with E-state index >= 15 is 0 Å². The molecule has 0 bridgehead atoms. The van der Waals surface area contributed by atoms with Gasteiger partial charge in [-0.05, 0) is 30.7 Å². The van der Waals surface area contributed by atoms with Crippen LogP contribution in [0.4, 0.5) is 4.39 Å². The van der Waals surface area contributed by atoms with Gasteiger partial charge in [-0.25, -0.2) is 4.39 Å². The minimum Gasteiger partial charge on any atom is -0.481 e. The lowest BCUT2D eigenvalue weighted by molar-refractivity contribution is -0.136. The van der Waals surface area contributed by atoms with Crippen LogP contribution in [0.25, 0.3) is 10.9 Å². The predicted molar refractivity (Wildman–Crippen MR) is 54.3 cm³/mol. The summed E-state index contributed by atoms with van der Waals surface area (Å²) in [4.78, 5) is 13.6. The minimum absolute atomic E-state index is 0.0442. The number of nitrogens with one attached hydrogen (secondary N) is 1. The van der Waals surface area contributed by atoms with Crippen molar-refractivity contribution in [2.75, 3.05) is 0 Å². The van der Waals surface area contributed by atoms with E-state index in [1.54, 1.807) is 13.0 Å². The summed E-state index contributed by atoms with van der Waals surface area (Å²) in [5, 5.41) is 9.51. The Balaban J connectivity index is 2.63. The number of aromatic amines is 1. The van der Waals surface area contributed by atoms with E-state index in [1.165, 1.54) is 12.1 Å². The van der Waals surface area contributed by atoms with Crippen molar-refractivity contribution >= 4 is 16.9 Å². The molecular weight excluding hydrogens is 197 g/mol. The van der Waals surface area contributed by atoms with Gasteiger partial charge in [0.2, 0.25) is 0 Å². The highest BCUT2D eigenvalue weighted by Gasteiger charge is 2.11. The molecule has 0 saturated carbocycles. The molecule has 0 radical (unpaired) electrons. The van der Waals surface area contributed by atoms with Crippen LogP contribution in [0.5, 0.6) is 0 Å². The summed E-state index contributed by atoms with van der Waals surface area (Å²) in [5.74, 6) is -1.21. The van der Waals surface area contributed by atoms with Crippen molar-refractivity contribution in [3.05, 3.63) is 35.3 Å². The van der Waals surface area contributed by atoms with Crippen LogP contribution in [0, 0.1) is 12.7 Å². The molecule has 78 valence electrons. The smallest absolute Gasteiger partial charge is 0.307 e. The van der Waals surface area contributed by atoms with Crippen LogP contribution in [0.3, 0.4) is 0 Å². The van der Waals surface area contributed by atoms with Gasteiger partial charge in [0, 0.05) is 16.6 Å². The molecule has 2 rings (SSSR count). The first-order chi connectivity index (χ1) is 7.08. The van der Waals surface area contributed by atoms with E-state index in [0.717, 1.165) is 16.6 Å². The van der Waals surface area contributed by atoms with Crippen LogP contribution in [0.2, 0.25) is 0 Å². The SMILES string of the molecule is Cc1[nH]c2cc(F)ccc2c1CC(=O)O. The van der Waals surface area contributed by atoms with Gasteiger partial charge in [-0.2, -0.15) is 0 Å². The van der Waals surface area contributed by atoms with Gasteiger partial charge in [0.25, 0.3) is 0 Å². The molecule has 0 unspecified atom stereocenters. The van der Waals surface area contributed by atoms with Gasteiger partial charge in [0.05, 0.1) is 6.42 Å². The molecule has 0 aliphatic rings. The first kappa shape index (κ1) is 9.71. The van der Waals surface area contributed by atoms with Crippen molar-refractivity contribution in [1.29, 1.82) is 0 Å². The standard InChI is InChI=1S/C11H10FNO2/c1-6-9(5-11(14)15)8-3-2-7(12)4-10(8)13-6/h2-4,13H,5H2,1H3,(H,14,15). The van der Waals surface area contributed by atoms with Crippen molar-refractivity contribution in [1.82, 2.24) is 4.98 Å². The average Bonchev–Trinajstić information content (AvgIpc) is 2.41. The Morgan fingerprint density at radius 2 is 2.27 bits per heavy atom. The summed E-state index contributed by atoms with van der Waals surface area (Å²) in [5.41, 5.74) is 2.14. The Kier molecular flexibility index (Phi) is 2.19. The lowest BCUT2D eigenvalue weighted by Crippen LogP contribution is -2.00. The molecule has 0 saturated heterocycles. The van der Waals surface area contributed by atoms with Crippen LogP contribution < -0.4 is 0 Å². The topological polar surface area (TPSA) is 53.1 Å². The molecule has 3 nitrogen and oxygen atoms in total. The monoisotopic (exact) mass is 207 g/mol. The number of H-pyrrole nitrogens is 1. The number of halogens is 1. The quantitative estimate of drug-likeness (QED) is 0.793. The third-order valence-electron chi connectivity index (χ3n) is 2.41. The highest BCUT2D eigenvalue weighted by molar-refractivity contribution is 5.88. The van der Waals surface area contributed by atoms with E-state index < -0.39 is 5.97 Å². The third-order valence-corrected chi connectivity index (χ3v) is 2.41. The molecular formula is C11H10FNO2. The van der Waals surface area contributed by atoms with Gasteiger partial charge >= 0.3 is 5.97 Å². The minimum atomic E-state index is -0.886. The Labute approximate surface area is 85.5 Å². The summed E-state index contributed by atoms with van der Waals surface area (Å²) < 4.78 is 12.9. The fourth-order valence-corrected chi connectivity index (χ4v) is 1.74. The van der Waals surface area contributed by atoms with Crippen LogP contribution in [0.1, 0.15) is 11.3 Å². The first-order valence-electron chi connectivity index (χ1n) is 4.56. The van der Waals surface area contributed by atoms with Gasteiger partial charge < -0.3 is 10.1 Å². The number of fused-ring (bicyclic) bond motifs is 1. The second-order valence-corrected chi connectivity index (χ2v) is 3.49. The molecule has 2 aromatic rings. The molecule has 1 aromatic heterocycles. The van der Waals surface area contributed by atoms with E-state index in [0.29, 0.717) is 5.52 Å². The van der Waals surface area contributed by atoms with E-state index in [1.807, 2.05) is 0 Å². The molecule has 0 atom stereocenters. The van der Waals surface area contributed by atoms with E-state index in [4.69, 9.17) is 5.11 Å². The molecule has 0 aliphatic carbocycles. The van der Waals surface area contributed by atoms with Crippen molar-refractivity contribution in [3.63, 3.8) is 0 Å². The van der Waals surface area contributed by atoms with Crippen LogP contribution >= 0.6 is 0 Å². The molecule has 0 spiro atoms. The number of aromatic nitrogens is 1. The van der Waals surface area contributed by atoms with Crippen LogP contribution in [-0.4, -0.2) is 16.1 Å². The number of carboxylic acids is 1. The number of benzene rings is 1. The van der Waals surface area contributed by atoms with Crippen LogP contribution in [-0.2, 0) is 11.2 Å². The number of rotatable bonds is 2. The highest BCUT2D eigenvalue weighted by atomic mass is 19.1. The number of aliphatic carboxylic acids is 1. The molecule has 2 N–H and O–H groups in total. The maximum atomic E-state index is 12.9. The average molecular weight is 207 g/mol. The number of carboxylic acid groups (broad SMARTS) is 1. The first-order valence-corrected chi connectivity index (χ1v) is 4.56. The fraction of sp³-hybridized carbons (Fsp3) is 0.182. The van der Waals surface area contributed by atoms with Gasteiger partial charge in [-0.15, -0.1) is 0 Å². The van der Waals surface area contributed by atoms with Crippen molar-refractivity contribution in [2.24, 2.45) is 0 Å². The molecule has 0 amide bonds. The Bertz CT molecular complexity index is 531. The Morgan fingerprint density at radius 3 is 2.93 bits per heavy atom. The normalized spacial score (nSPS) is 10.8. The second-order valence-electron chi connectivity index (χ2n) is 3.49. The molecule has 0 aliphatic heterocycles. The fourth-order valence-electron chi connectivity index (χ4n) is 1.74. The third kappa shape index (κ3) is 1.70. The number of hydrogen-bond acceptors (Lipinski definition) is 1. The van der Waals surface area contributed by atoms with Gasteiger partial charge in [-0.3, -0.25) is 4.79 Å². The maximum absolute atomic E-state index is 12.9. The zero-order valence-electron chi connectivity index (χ0n) is 8.17. The van der Waals surface area contributed by atoms with Crippen LogP contribution in [0.15, 0.2) is 18.2 Å². The summed E-state index contributed by atoms with van der Waals surface area (Å²) >= 11 is 0. The van der Waals surface area contributed by atoms with E-state index in [-0.39, 0.29) is 12.2 Å². The lowest BCUT2D eigenvalue weighted by atomic mass is 10.1. The van der Waals surface area contributed by atoms with Gasteiger partial charge in [0.1, 0.15) is 5.82 Å². The number of carbonyl (C=O) groups is 1. The molecule has 0 fully saturated rings. The summed E-state index contributed by atoms with van der Waals surface area (Å²) in [6.07, 6.45) is -0.0442. The van der Waals surface area contributed by atoms with Crippen molar-refractivity contribution in [2.45, 2.75) is 13.3 Å². The predicted octanol–water partition coefficient (Wildman–Crippen LogP) is 2.24. The summed E-state index contributed by atoms with van der Waals surface area (Å²) in [6.45, 7) is 1.79. The van der Waals surface area contributed by atoms with Crippen molar-refractivity contribution < 1.29 is 14.3 Å². The number of hydrogen-bond donors (Lipinski definition) is 2. The summed E-state index contributed by atoms with van der Waals surface area (Å²) in [7, 11) is 0. The number of aryl methyl sites for hydroxylation is 1. The van der Waals surface area contributed by atoms with Gasteiger partial charge in [-0.1, -0.05) is 0 Å². The second kappa shape index (κ2) is 3.38. The Hall–Kier alpha value is -1.84. The lowest BCUT2D eigenvalue weighted by Gasteiger charge is -1.96. The maximum Gasteiger partial charge on any atom is 0.307 e. The van der Waals surface area contributed by atoms with E-state index in [2.05, 4.69) is 4.98 Å². The highest BCUT2D eigenvalue weighted by Crippen LogP contribution is 2.23. The van der Waals surface area contributed by atoms with Crippen molar-refractivity contribution in [3.8, 4) is 0 Å². The molecule has 4 heteroatoms. The Morgan fingerprint density at radius 1 is 1.53 bits per heavy atom. The molecule has 1 heterocycles. The largest absolute Gasteiger partial charge is 0.481 e. The molecule has 15 heavy (non-hydrogen) atoms. The van der Waals surface area contributed by atoms with E-state index in [9.17, 15) is 9.18 Å². The molecule has 1 aromatic carbocycles.